The molecule has 8 aliphatic carbocycles. The first-order valence-electron chi connectivity index (χ1n) is 23.3. The van der Waals surface area contributed by atoms with E-state index in [1.165, 1.54) is 14.2 Å². The molecule has 59 heavy (non-hydrogen) atoms. The number of carbonyl (C=O) groups is 7. The third-order valence-corrected chi connectivity index (χ3v) is 20.2. The first kappa shape index (κ1) is 42.7. The summed E-state index contributed by atoms with van der Waals surface area (Å²) in [7, 11) is 2.81. The smallest absolute Gasteiger partial charge is 0.305 e. The summed E-state index contributed by atoms with van der Waals surface area (Å²) >= 11 is 0. The van der Waals surface area contributed by atoms with Crippen molar-refractivity contribution in [2.45, 2.75) is 144 Å². The summed E-state index contributed by atoms with van der Waals surface area (Å²) < 4.78 is 9.81. The van der Waals surface area contributed by atoms with Crippen LogP contribution < -0.4 is 0 Å². The Hall–Kier alpha value is -2.97. The summed E-state index contributed by atoms with van der Waals surface area (Å²) in [6.45, 7) is 13.1. The number of methoxy groups -OCH3 is 2. The van der Waals surface area contributed by atoms with Gasteiger partial charge in [-0.1, -0.05) is 53.2 Å². The standard InChI is InChI=1S/C50H70O9/c1-26(9-15-42(56)58-7)30-11-13-32-45-35(24-40(54)49(30,32)5)47(3)19-17-28(21-29(47)22-38(45)52)44-34-23-39(53)46-33-14-12-31(27(2)10-16-43(57)59-8)50(33,6)41(55)25-36(46)48(34,4)20-18-37(44)51/h21,26-27,29-36,44-46H,9-20,22-25H2,1-8H3/t26-,27?,29-,30+,31?,32-,33?,34?,35-,36?,44?,45-,46?,47-,48?,49+,50?/m1/s1. The molecule has 0 N–H and O–H groups in total. The third-order valence-electron chi connectivity index (χ3n) is 20.2. The number of rotatable bonds is 9. The van der Waals surface area contributed by atoms with E-state index in [1.807, 2.05) is 0 Å². The van der Waals surface area contributed by atoms with E-state index < -0.39 is 10.8 Å². The van der Waals surface area contributed by atoms with E-state index in [9.17, 15) is 33.6 Å². The second-order valence-corrected chi connectivity index (χ2v) is 22.1. The van der Waals surface area contributed by atoms with E-state index in [2.05, 4.69) is 47.6 Å². The molecule has 324 valence electrons. The Kier molecular flexibility index (Phi) is 11.0. The maximum Gasteiger partial charge on any atom is 0.305 e. The molecule has 0 bridgehead atoms. The lowest BCUT2D eigenvalue weighted by Gasteiger charge is -2.61. The minimum Gasteiger partial charge on any atom is -0.469 e. The van der Waals surface area contributed by atoms with Crippen molar-refractivity contribution in [2.75, 3.05) is 14.2 Å². The molecule has 0 saturated heterocycles. The van der Waals surface area contributed by atoms with Gasteiger partial charge in [0.15, 0.2) is 0 Å². The normalized spacial score (nSPS) is 46.1. The zero-order valence-electron chi connectivity index (χ0n) is 37.1. The lowest BCUT2D eigenvalue weighted by molar-refractivity contribution is -0.170. The van der Waals surface area contributed by atoms with Crippen LogP contribution in [0.25, 0.3) is 0 Å². The zero-order valence-corrected chi connectivity index (χ0v) is 37.1. The summed E-state index contributed by atoms with van der Waals surface area (Å²) in [5, 5.41) is 0. The van der Waals surface area contributed by atoms with E-state index in [0.29, 0.717) is 64.2 Å². The number of fused-ring (bicyclic) bond motifs is 10. The average molecular weight is 815 g/mol. The Morgan fingerprint density at radius 1 is 0.610 bits per heavy atom. The van der Waals surface area contributed by atoms with E-state index in [0.717, 1.165) is 44.1 Å². The van der Waals surface area contributed by atoms with Gasteiger partial charge in [-0.3, -0.25) is 33.6 Å². The molecule has 8 aliphatic rings. The first-order chi connectivity index (χ1) is 27.9. The van der Waals surface area contributed by atoms with E-state index >= 15 is 0 Å². The molecule has 0 heterocycles. The van der Waals surface area contributed by atoms with Gasteiger partial charge in [-0.2, -0.15) is 0 Å². The van der Waals surface area contributed by atoms with Crippen LogP contribution in [-0.2, 0) is 43.0 Å². The van der Waals surface area contributed by atoms with E-state index in [-0.39, 0.29) is 129 Å². The summed E-state index contributed by atoms with van der Waals surface area (Å²) in [5.41, 5.74) is -0.650. The summed E-state index contributed by atoms with van der Waals surface area (Å²) in [6, 6.07) is 0. The van der Waals surface area contributed by atoms with Crippen molar-refractivity contribution in [2.24, 2.45) is 98.6 Å². The van der Waals surface area contributed by atoms with Gasteiger partial charge in [0, 0.05) is 73.5 Å². The SMILES string of the molecule is COC(=O)CCC(C)C1CCC2C3C(=O)CC4C(C5=C[C@@H]6CC(=O)[C@H]7[C@@H](CC(=O)[C@]8(C)[C@@H]7CC[C@H]8[C@H](C)CCC(=O)OC)[C@]6(C)CC5)C(=O)CCC4(C)C3CC(=O)C12C. The monoisotopic (exact) mass is 815 g/mol. The topological polar surface area (TPSA) is 138 Å². The molecule has 0 radical (unpaired) electrons. The fraction of sp³-hybridized carbons (Fsp3) is 0.820. The van der Waals surface area contributed by atoms with Gasteiger partial charge in [0.1, 0.15) is 28.9 Å². The van der Waals surface area contributed by atoms with Crippen LogP contribution in [0.1, 0.15) is 144 Å². The van der Waals surface area contributed by atoms with Crippen LogP contribution in [0.5, 0.6) is 0 Å². The Bertz CT molecular complexity index is 1850. The summed E-state index contributed by atoms with van der Waals surface area (Å²) in [4.78, 5) is 96.4. The van der Waals surface area contributed by atoms with Crippen molar-refractivity contribution in [1.29, 1.82) is 0 Å². The van der Waals surface area contributed by atoms with Gasteiger partial charge in [0.2, 0.25) is 0 Å². The van der Waals surface area contributed by atoms with Crippen molar-refractivity contribution in [1.82, 2.24) is 0 Å². The van der Waals surface area contributed by atoms with Crippen molar-refractivity contribution in [3.63, 3.8) is 0 Å². The van der Waals surface area contributed by atoms with Crippen LogP contribution in [0.4, 0.5) is 0 Å². The van der Waals surface area contributed by atoms with Gasteiger partial charge in [-0.15, -0.1) is 0 Å². The van der Waals surface area contributed by atoms with Gasteiger partial charge in [-0.25, -0.2) is 0 Å². The zero-order chi connectivity index (χ0) is 42.6. The van der Waals surface area contributed by atoms with Crippen LogP contribution >= 0.6 is 0 Å². The molecule has 0 amide bonds. The molecule has 0 aliphatic heterocycles. The van der Waals surface area contributed by atoms with Crippen LogP contribution in [0, 0.1) is 98.6 Å². The van der Waals surface area contributed by atoms with Crippen molar-refractivity contribution >= 4 is 40.9 Å². The summed E-state index contributed by atoms with van der Waals surface area (Å²) in [6.07, 6.45) is 12.0. The minimum atomic E-state index is -0.596. The van der Waals surface area contributed by atoms with E-state index in [1.54, 1.807) is 0 Å². The second kappa shape index (κ2) is 15.1. The molecule has 0 spiro atoms. The Morgan fingerprint density at radius 3 is 1.59 bits per heavy atom. The number of ketones is 5. The first-order valence-corrected chi connectivity index (χ1v) is 23.3. The van der Waals surface area contributed by atoms with Crippen LogP contribution in [0.15, 0.2) is 11.6 Å². The molecule has 0 aromatic carbocycles. The molecule has 7 saturated carbocycles. The number of esters is 2. The van der Waals surface area contributed by atoms with E-state index in [4.69, 9.17) is 9.47 Å². The maximum absolute atomic E-state index is 14.7. The van der Waals surface area contributed by atoms with Gasteiger partial charge in [0.05, 0.1) is 14.2 Å². The van der Waals surface area contributed by atoms with Crippen molar-refractivity contribution in [3.05, 3.63) is 11.6 Å². The lowest BCUT2D eigenvalue weighted by Crippen LogP contribution is -2.62. The largest absolute Gasteiger partial charge is 0.469 e. The molecule has 9 nitrogen and oxygen atoms in total. The molecule has 7 fully saturated rings. The minimum absolute atomic E-state index is 0.00934. The Labute approximate surface area is 351 Å². The van der Waals surface area contributed by atoms with Gasteiger partial charge >= 0.3 is 11.9 Å². The molecule has 0 aromatic rings. The van der Waals surface area contributed by atoms with Crippen LogP contribution in [0.2, 0.25) is 0 Å². The number of ether oxygens (including phenoxy) is 2. The summed E-state index contributed by atoms with van der Waals surface area (Å²) in [5.74, 6) is 0.242. The number of hydrogen-bond acceptors (Lipinski definition) is 9. The molecule has 9 heteroatoms. The molecule has 17 atom stereocenters. The van der Waals surface area contributed by atoms with Gasteiger partial charge < -0.3 is 9.47 Å². The van der Waals surface area contributed by atoms with Crippen molar-refractivity contribution in [3.8, 4) is 0 Å². The van der Waals surface area contributed by atoms with Crippen molar-refractivity contribution < 1.29 is 43.0 Å². The highest BCUT2D eigenvalue weighted by atomic mass is 16.5. The van der Waals surface area contributed by atoms with Gasteiger partial charge in [-0.05, 0) is 128 Å². The third kappa shape index (κ3) is 6.28. The highest BCUT2D eigenvalue weighted by Crippen LogP contribution is 2.70. The average Bonchev–Trinajstić information content (AvgIpc) is 3.76. The number of allylic oxidation sites excluding steroid dienone is 2. The molecular weight excluding hydrogens is 745 g/mol. The maximum atomic E-state index is 14.7. The fourth-order valence-corrected chi connectivity index (χ4v) is 16.8. The number of hydrogen-bond donors (Lipinski definition) is 0. The number of Topliss-reactive ketones (excluding diaryl/α,β-unsaturated/α-hetero) is 5. The molecule has 9 unspecified atom stereocenters. The van der Waals surface area contributed by atoms with Crippen LogP contribution in [-0.4, -0.2) is 55.1 Å². The molecule has 8 rings (SSSR count). The van der Waals surface area contributed by atoms with Gasteiger partial charge in [0.25, 0.3) is 0 Å². The fourth-order valence-electron chi connectivity index (χ4n) is 16.8. The lowest BCUT2D eigenvalue weighted by atomic mass is 9.41. The van der Waals surface area contributed by atoms with Crippen LogP contribution in [0.3, 0.4) is 0 Å². The highest BCUT2D eigenvalue weighted by molar-refractivity contribution is 5.94. The quantitative estimate of drug-likeness (QED) is 0.166. The highest BCUT2D eigenvalue weighted by Gasteiger charge is 2.69. The second-order valence-electron chi connectivity index (χ2n) is 22.1. The predicted octanol–water partition coefficient (Wildman–Crippen LogP) is 8.53. The molecular formula is C50H70O9. The Balaban J connectivity index is 1.03. The molecule has 0 aromatic heterocycles. The number of carbonyl (C=O) groups excluding carboxylic acids is 7. The predicted molar refractivity (Wildman–Crippen MR) is 220 cm³/mol. The Morgan fingerprint density at radius 2 is 1.08 bits per heavy atom.